The van der Waals surface area contributed by atoms with Crippen molar-refractivity contribution in [2.75, 3.05) is 13.2 Å². The van der Waals surface area contributed by atoms with Crippen molar-refractivity contribution in [3.8, 4) is 0 Å². The molecule has 0 rings (SSSR count). The van der Waals surface area contributed by atoms with Crippen LogP contribution in [0.3, 0.4) is 0 Å². The monoisotopic (exact) mass is 285 g/mol. The maximum absolute atomic E-state index is 11.3. The Labute approximate surface area is 122 Å². The van der Waals surface area contributed by atoms with Crippen LogP contribution in [0, 0.1) is 6.92 Å². The number of unbranched alkanes of at least 4 members (excludes halogenated alkanes) is 6. The van der Waals surface area contributed by atoms with Crippen molar-refractivity contribution in [2.24, 2.45) is 0 Å². The van der Waals surface area contributed by atoms with E-state index in [1.807, 2.05) is 0 Å². The third-order valence-electron chi connectivity index (χ3n) is 2.94. The molecule has 0 heterocycles. The van der Waals surface area contributed by atoms with Gasteiger partial charge in [-0.2, -0.15) is 6.42 Å². The molecule has 1 atom stereocenters. The van der Waals surface area contributed by atoms with Crippen LogP contribution in [0.25, 0.3) is 0 Å². The highest BCUT2D eigenvalue weighted by molar-refractivity contribution is 5.69. The summed E-state index contributed by atoms with van der Waals surface area (Å²) in [5, 5.41) is 17.6. The van der Waals surface area contributed by atoms with Gasteiger partial charge in [0.15, 0.2) is 0 Å². The van der Waals surface area contributed by atoms with E-state index in [1.54, 1.807) is 0 Å². The highest BCUT2D eigenvalue weighted by atomic mass is 16.5. The molecule has 118 valence electrons. The largest absolute Gasteiger partial charge is 0.463 e. The van der Waals surface area contributed by atoms with Crippen LogP contribution >= 0.6 is 0 Å². The van der Waals surface area contributed by atoms with Crippen LogP contribution in [-0.4, -0.2) is 35.5 Å². The molecule has 0 bridgehead atoms. The number of ether oxygens (including phenoxy) is 1. The van der Waals surface area contributed by atoms with Crippen molar-refractivity contribution in [3.05, 3.63) is 19.1 Å². The fourth-order valence-electron chi connectivity index (χ4n) is 1.73. The van der Waals surface area contributed by atoms with Gasteiger partial charge < -0.3 is 21.9 Å². The van der Waals surface area contributed by atoms with Gasteiger partial charge in [-0.15, -0.1) is 0 Å². The van der Waals surface area contributed by atoms with Gasteiger partial charge in [-0.3, -0.25) is 4.79 Å². The minimum Gasteiger partial charge on any atom is -0.463 e. The van der Waals surface area contributed by atoms with Crippen molar-refractivity contribution in [1.82, 2.24) is 0 Å². The van der Waals surface area contributed by atoms with Crippen LogP contribution in [0.1, 0.15) is 57.8 Å². The van der Waals surface area contributed by atoms with E-state index >= 15 is 0 Å². The number of hydrogen-bond acceptors (Lipinski definition) is 4. The van der Waals surface area contributed by atoms with Crippen molar-refractivity contribution < 1.29 is 19.7 Å². The zero-order valence-electron chi connectivity index (χ0n) is 12.4. The molecule has 0 fully saturated rings. The topological polar surface area (TPSA) is 66.8 Å². The zero-order chi connectivity index (χ0) is 15.1. The average Bonchev–Trinajstić information content (AvgIpc) is 2.46. The standard InChI is InChI=1S/C16H29O4/c1-2-3-4-5-6-7-8-9-10-11-12-16(19)20-14-15(18)13-17/h4-5,15,17-18H,1-3,6-14H2/q-1/b5-4+/t15-/m1/s1. The van der Waals surface area contributed by atoms with E-state index in [2.05, 4.69) is 19.1 Å². The number of carbonyl (C=O) groups is 1. The normalized spacial score (nSPS) is 12.8. The Morgan fingerprint density at radius 2 is 1.75 bits per heavy atom. The molecule has 2 N–H and O–H groups in total. The second-order valence-corrected chi connectivity index (χ2v) is 4.94. The fraction of sp³-hybridized carbons (Fsp3) is 0.750. The third kappa shape index (κ3) is 13.6. The lowest BCUT2D eigenvalue weighted by molar-refractivity contribution is -0.147. The van der Waals surface area contributed by atoms with E-state index in [9.17, 15) is 4.79 Å². The lowest BCUT2D eigenvalue weighted by atomic mass is 10.1. The van der Waals surface area contributed by atoms with E-state index in [1.165, 1.54) is 12.8 Å². The highest BCUT2D eigenvalue weighted by Crippen LogP contribution is 2.08. The molecule has 0 amide bonds. The summed E-state index contributed by atoms with van der Waals surface area (Å²) in [5.74, 6) is -0.298. The number of rotatable bonds is 13. The van der Waals surface area contributed by atoms with Gasteiger partial charge in [0.2, 0.25) is 0 Å². The van der Waals surface area contributed by atoms with Crippen LogP contribution in [0.15, 0.2) is 12.2 Å². The first-order valence-corrected chi connectivity index (χ1v) is 7.59. The average molecular weight is 285 g/mol. The van der Waals surface area contributed by atoms with Crippen LogP contribution in [0.5, 0.6) is 0 Å². The summed E-state index contributed by atoms with van der Waals surface area (Å²) < 4.78 is 4.81. The van der Waals surface area contributed by atoms with Gasteiger partial charge in [-0.25, -0.2) is 0 Å². The Morgan fingerprint density at radius 1 is 1.10 bits per heavy atom. The van der Waals surface area contributed by atoms with Gasteiger partial charge in [0.1, 0.15) is 12.7 Å². The molecule has 0 saturated heterocycles. The van der Waals surface area contributed by atoms with Crippen LogP contribution < -0.4 is 0 Å². The van der Waals surface area contributed by atoms with Crippen LogP contribution in [-0.2, 0) is 9.53 Å². The summed E-state index contributed by atoms with van der Waals surface area (Å²) in [5.41, 5.74) is 0. The second-order valence-electron chi connectivity index (χ2n) is 4.94. The third-order valence-corrected chi connectivity index (χ3v) is 2.94. The molecule has 0 unspecified atom stereocenters. The number of hydrogen-bond donors (Lipinski definition) is 2. The van der Waals surface area contributed by atoms with Gasteiger partial charge in [-0.1, -0.05) is 37.8 Å². The number of esters is 1. The number of carbonyl (C=O) groups excluding carboxylic acids is 1. The van der Waals surface area contributed by atoms with Crippen molar-refractivity contribution in [2.45, 2.75) is 63.9 Å². The zero-order valence-corrected chi connectivity index (χ0v) is 12.4. The Hall–Kier alpha value is -0.870. The first kappa shape index (κ1) is 19.1. The minimum atomic E-state index is -0.963. The van der Waals surface area contributed by atoms with Crippen LogP contribution in [0.2, 0.25) is 0 Å². The number of aliphatic hydroxyl groups excluding tert-OH is 2. The molecule has 4 heteroatoms. The highest BCUT2D eigenvalue weighted by Gasteiger charge is 2.07. The molecule has 0 aliphatic heterocycles. The number of aliphatic hydroxyl groups is 2. The predicted octanol–water partition coefficient (Wildman–Crippen LogP) is 2.78. The summed E-state index contributed by atoms with van der Waals surface area (Å²) >= 11 is 0. The summed E-state index contributed by atoms with van der Waals surface area (Å²) in [7, 11) is 0. The molecule has 0 saturated carbocycles. The minimum absolute atomic E-state index is 0.116. The Kier molecular flexibility index (Phi) is 13.9. The SMILES string of the molecule is [CH2-]CC/C=C/CCCCCCCC(=O)OC[C@H](O)CO. The van der Waals surface area contributed by atoms with Gasteiger partial charge in [-0.05, 0) is 19.3 Å². The maximum atomic E-state index is 11.3. The lowest BCUT2D eigenvalue weighted by Gasteiger charge is -2.08. The molecule has 0 aromatic heterocycles. The van der Waals surface area contributed by atoms with E-state index < -0.39 is 6.10 Å². The molecule has 0 radical (unpaired) electrons. The smallest absolute Gasteiger partial charge is 0.305 e. The van der Waals surface area contributed by atoms with Gasteiger partial charge in [0, 0.05) is 6.42 Å². The van der Waals surface area contributed by atoms with E-state index in [-0.39, 0.29) is 19.2 Å². The van der Waals surface area contributed by atoms with Crippen LogP contribution in [0.4, 0.5) is 0 Å². The molecule has 0 aromatic carbocycles. The Bertz CT molecular complexity index is 251. The summed E-state index contributed by atoms with van der Waals surface area (Å²) in [6, 6.07) is 0. The maximum Gasteiger partial charge on any atom is 0.305 e. The predicted molar refractivity (Wildman–Crippen MR) is 80.1 cm³/mol. The first-order valence-electron chi connectivity index (χ1n) is 7.59. The summed E-state index contributed by atoms with van der Waals surface area (Å²) in [6.07, 6.45) is 12.3. The Balaban J connectivity index is 3.25. The Morgan fingerprint density at radius 3 is 2.45 bits per heavy atom. The quantitative estimate of drug-likeness (QED) is 0.236. The van der Waals surface area contributed by atoms with Gasteiger partial charge in [0.05, 0.1) is 6.61 Å². The molecule has 0 aliphatic carbocycles. The molecule has 4 nitrogen and oxygen atoms in total. The fourth-order valence-corrected chi connectivity index (χ4v) is 1.73. The lowest BCUT2D eigenvalue weighted by Crippen LogP contribution is -2.21. The molecule has 20 heavy (non-hydrogen) atoms. The summed E-state index contributed by atoms with van der Waals surface area (Å²) in [4.78, 5) is 11.3. The molecular weight excluding hydrogens is 256 g/mol. The molecular formula is C16H29O4-. The summed E-state index contributed by atoms with van der Waals surface area (Å²) in [6.45, 7) is 3.29. The van der Waals surface area contributed by atoms with Crippen molar-refractivity contribution in [1.29, 1.82) is 0 Å². The first-order chi connectivity index (χ1) is 9.70. The molecule has 0 aliphatic rings. The van der Waals surface area contributed by atoms with Crippen molar-refractivity contribution in [3.63, 3.8) is 0 Å². The molecule has 0 aromatic rings. The van der Waals surface area contributed by atoms with Gasteiger partial charge >= 0.3 is 5.97 Å². The van der Waals surface area contributed by atoms with Crippen molar-refractivity contribution >= 4 is 5.97 Å². The van der Waals surface area contributed by atoms with E-state index in [4.69, 9.17) is 14.9 Å². The van der Waals surface area contributed by atoms with Gasteiger partial charge in [0.25, 0.3) is 0 Å². The van der Waals surface area contributed by atoms with E-state index in [0.29, 0.717) is 6.42 Å². The molecule has 0 spiro atoms. The second kappa shape index (κ2) is 14.5. The van der Waals surface area contributed by atoms with E-state index in [0.717, 1.165) is 38.5 Å². The number of allylic oxidation sites excluding steroid dienone is 2.